The zero-order valence-electron chi connectivity index (χ0n) is 26.4. The molecule has 0 radical (unpaired) electrons. The summed E-state index contributed by atoms with van der Waals surface area (Å²) in [7, 11) is 0. The lowest BCUT2D eigenvalue weighted by atomic mass is 9.33. The highest BCUT2D eigenvalue weighted by molar-refractivity contribution is 6.09. The molecule has 216 valence electrons. The molecule has 1 amide bonds. The Morgan fingerprint density at radius 3 is 2.12 bits per heavy atom. The fourth-order valence-electron chi connectivity index (χ4n) is 11.7. The van der Waals surface area contributed by atoms with Gasteiger partial charge in [-0.3, -0.25) is 14.4 Å². The zero-order chi connectivity index (χ0) is 29.7. The van der Waals surface area contributed by atoms with Crippen molar-refractivity contribution in [3.63, 3.8) is 0 Å². The number of likely N-dealkylation sites (tertiary alicyclic amines) is 1. The molecule has 0 aromatic rings. The first kappa shape index (κ1) is 27.9. The third kappa shape index (κ3) is 2.74. The summed E-state index contributed by atoms with van der Waals surface area (Å²) in [6, 6.07) is 2.20. The van der Waals surface area contributed by atoms with Gasteiger partial charge in [-0.15, -0.1) is 0 Å². The minimum atomic E-state index is -0.901. The Morgan fingerprint density at radius 2 is 1.52 bits per heavy atom. The lowest BCUT2D eigenvalue weighted by Gasteiger charge is -2.71. The molecule has 2 bridgehead atoms. The predicted molar refractivity (Wildman–Crippen MR) is 155 cm³/mol. The van der Waals surface area contributed by atoms with Crippen LogP contribution in [0.15, 0.2) is 23.3 Å². The lowest BCUT2D eigenvalue weighted by Crippen LogP contribution is -2.76. The molecule has 3 saturated carbocycles. The highest BCUT2D eigenvalue weighted by Crippen LogP contribution is 2.79. The van der Waals surface area contributed by atoms with Gasteiger partial charge in [-0.2, -0.15) is 5.26 Å². The highest BCUT2D eigenvalue weighted by Gasteiger charge is 2.83. The van der Waals surface area contributed by atoms with Crippen LogP contribution in [-0.2, 0) is 14.4 Å². The van der Waals surface area contributed by atoms with Crippen LogP contribution in [0.1, 0.15) is 114 Å². The monoisotopic (exact) mass is 544 g/mol. The van der Waals surface area contributed by atoms with Crippen molar-refractivity contribution in [2.24, 2.45) is 44.3 Å². The smallest absolute Gasteiger partial charge is 0.230 e. The number of amides is 1. The van der Waals surface area contributed by atoms with Gasteiger partial charge in [-0.1, -0.05) is 54.5 Å². The number of allylic oxidation sites excluding steroid dienone is 3. The quantitative estimate of drug-likeness (QED) is 0.330. The van der Waals surface area contributed by atoms with Gasteiger partial charge in [0.25, 0.3) is 0 Å². The zero-order valence-corrected chi connectivity index (χ0v) is 26.4. The first-order chi connectivity index (χ1) is 18.2. The van der Waals surface area contributed by atoms with Crippen molar-refractivity contribution in [3.8, 4) is 6.07 Å². The molecule has 5 nitrogen and oxygen atoms in total. The Morgan fingerprint density at radius 1 is 0.900 bits per heavy atom. The molecular weight excluding hydrogens is 496 g/mol. The average molecular weight is 545 g/mol. The topological polar surface area (TPSA) is 78.2 Å². The van der Waals surface area contributed by atoms with Crippen LogP contribution in [0.5, 0.6) is 0 Å². The number of Topliss-reactive ketones (excluding diaryl/α,β-unsaturated/α-hetero) is 1. The van der Waals surface area contributed by atoms with E-state index in [0.29, 0.717) is 0 Å². The third-order valence-electron chi connectivity index (χ3n) is 13.7. The molecule has 0 N–H and O–H groups in total. The molecule has 1 saturated heterocycles. The summed E-state index contributed by atoms with van der Waals surface area (Å²) in [5.41, 5.74) is -2.59. The average Bonchev–Trinajstić information content (AvgIpc) is 3.00. The highest BCUT2D eigenvalue weighted by atomic mass is 16.2. The lowest BCUT2D eigenvalue weighted by molar-refractivity contribution is -0.189. The fraction of sp³-hybridized carbons (Fsp3) is 0.771. The van der Waals surface area contributed by atoms with Gasteiger partial charge in [0, 0.05) is 27.7 Å². The third-order valence-corrected chi connectivity index (χ3v) is 13.7. The normalized spacial score (nSPS) is 46.8. The Labute approximate surface area is 240 Å². The summed E-state index contributed by atoms with van der Waals surface area (Å²) in [6.45, 7) is 21.8. The first-order valence-corrected chi connectivity index (χ1v) is 15.5. The second-order valence-electron chi connectivity index (χ2n) is 17.3. The van der Waals surface area contributed by atoms with E-state index in [2.05, 4.69) is 66.4 Å². The molecule has 0 aromatic carbocycles. The Bertz CT molecular complexity index is 1370. The van der Waals surface area contributed by atoms with E-state index in [1.54, 1.807) is 0 Å². The van der Waals surface area contributed by atoms with Gasteiger partial charge in [0.2, 0.25) is 5.91 Å². The summed E-state index contributed by atoms with van der Waals surface area (Å²) in [5.74, 6) is 0.192. The summed E-state index contributed by atoms with van der Waals surface area (Å²) in [5, 5.41) is 9.99. The molecule has 0 aromatic heterocycles. The fourth-order valence-corrected chi connectivity index (χ4v) is 11.7. The molecule has 40 heavy (non-hydrogen) atoms. The molecule has 5 heteroatoms. The number of carbonyl (C=O) groups excluding carboxylic acids is 3. The van der Waals surface area contributed by atoms with Gasteiger partial charge >= 0.3 is 0 Å². The minimum absolute atomic E-state index is 0.00889. The van der Waals surface area contributed by atoms with E-state index in [4.69, 9.17) is 0 Å². The second kappa shape index (κ2) is 7.40. The van der Waals surface area contributed by atoms with Gasteiger partial charge in [0.1, 0.15) is 11.6 Å². The molecule has 1 heterocycles. The molecular formula is C35H48N2O3. The molecule has 4 fully saturated rings. The van der Waals surface area contributed by atoms with Crippen molar-refractivity contribution in [1.29, 1.82) is 5.26 Å². The van der Waals surface area contributed by atoms with Crippen LogP contribution in [0.2, 0.25) is 0 Å². The maximum Gasteiger partial charge on any atom is 0.230 e. The minimum Gasteiger partial charge on any atom is -0.323 e. The van der Waals surface area contributed by atoms with Crippen LogP contribution in [0.3, 0.4) is 0 Å². The van der Waals surface area contributed by atoms with E-state index in [-0.39, 0.29) is 45.7 Å². The SMILES string of the molecule is CC1(C)CC[C@]23CC[C@@]4(C)[C@]5(C)CC[C@H]6C(C)(C)C(=O)C(C#N)=C[C@]6(C)C5=CC(=O)[C@@]4([C@@H]2C1)N(C(C)(C)C)C3=O. The standard InChI is InChI=1S/C35H48N2O3/c1-28(2,3)37-27(40)34-15-13-29(4,5)19-24(34)35(37)25(38)17-23-31(8)18-21(20-36)26(39)30(6,7)22(31)11-12-32(23,9)33(35,10)14-16-34/h17-18,22,24H,11-16,19H2,1-10H3/t22-,24+,31-,32+,33-,34-,35+/m0/s1. The Hall–Kier alpha value is -2.22. The van der Waals surface area contributed by atoms with Gasteiger partial charge in [-0.05, 0) is 94.1 Å². The molecule has 5 aliphatic carbocycles. The van der Waals surface area contributed by atoms with Crippen LogP contribution < -0.4 is 0 Å². The molecule has 0 unspecified atom stereocenters. The van der Waals surface area contributed by atoms with E-state index in [1.807, 2.05) is 26.0 Å². The second-order valence-corrected chi connectivity index (χ2v) is 17.3. The number of carbonyl (C=O) groups is 3. The Balaban J connectivity index is 1.67. The van der Waals surface area contributed by atoms with Gasteiger partial charge in [-0.25, -0.2) is 0 Å². The van der Waals surface area contributed by atoms with Crippen LogP contribution in [0.4, 0.5) is 0 Å². The molecule has 6 aliphatic rings. The maximum absolute atomic E-state index is 15.2. The number of hydrogen-bond acceptors (Lipinski definition) is 4. The summed E-state index contributed by atoms with van der Waals surface area (Å²) >= 11 is 0. The van der Waals surface area contributed by atoms with E-state index in [0.717, 1.165) is 50.5 Å². The Kier molecular flexibility index (Phi) is 5.16. The van der Waals surface area contributed by atoms with Crippen molar-refractivity contribution in [2.75, 3.05) is 0 Å². The number of rotatable bonds is 0. The number of nitriles is 1. The van der Waals surface area contributed by atoms with Crippen molar-refractivity contribution in [3.05, 3.63) is 23.3 Å². The van der Waals surface area contributed by atoms with E-state index >= 15 is 4.79 Å². The number of nitrogens with zero attached hydrogens (tertiary/aromatic N) is 2. The van der Waals surface area contributed by atoms with Crippen molar-refractivity contribution in [2.45, 2.75) is 125 Å². The molecule has 6 rings (SSSR count). The van der Waals surface area contributed by atoms with E-state index in [1.165, 1.54) is 0 Å². The molecule has 1 aliphatic heterocycles. The maximum atomic E-state index is 15.2. The number of fused-ring (bicyclic) bond motifs is 4. The van der Waals surface area contributed by atoms with E-state index < -0.39 is 32.7 Å². The van der Waals surface area contributed by atoms with Crippen molar-refractivity contribution >= 4 is 17.5 Å². The van der Waals surface area contributed by atoms with Gasteiger partial charge in [0.05, 0.1) is 11.0 Å². The number of ketones is 2. The van der Waals surface area contributed by atoms with Crippen LogP contribution >= 0.6 is 0 Å². The predicted octanol–water partition coefficient (Wildman–Crippen LogP) is 6.97. The van der Waals surface area contributed by atoms with Gasteiger partial charge < -0.3 is 4.90 Å². The number of hydrogen-bond donors (Lipinski definition) is 0. The van der Waals surface area contributed by atoms with Crippen molar-refractivity contribution in [1.82, 2.24) is 4.90 Å². The first-order valence-electron chi connectivity index (χ1n) is 15.5. The van der Waals surface area contributed by atoms with Crippen LogP contribution in [-0.4, -0.2) is 33.5 Å². The van der Waals surface area contributed by atoms with Gasteiger partial charge in [0.15, 0.2) is 11.6 Å². The summed E-state index contributed by atoms with van der Waals surface area (Å²) in [6.07, 6.45) is 9.97. The van der Waals surface area contributed by atoms with Crippen molar-refractivity contribution < 1.29 is 14.4 Å². The summed E-state index contributed by atoms with van der Waals surface area (Å²) < 4.78 is 0. The molecule has 7 atom stereocenters. The van der Waals surface area contributed by atoms with E-state index in [9.17, 15) is 14.9 Å². The summed E-state index contributed by atoms with van der Waals surface area (Å²) in [4.78, 5) is 45.5. The molecule has 1 spiro atoms. The largest absolute Gasteiger partial charge is 0.323 e. The van der Waals surface area contributed by atoms with Crippen LogP contribution in [0.25, 0.3) is 0 Å². The van der Waals surface area contributed by atoms with Crippen LogP contribution in [0, 0.1) is 55.7 Å².